The number of nitro groups is 1. The molecular weight excluding hydrogens is 223 g/mol. The van der Waals surface area contributed by atoms with Crippen LogP contribution in [0, 0.1) is 15.9 Å². The molecule has 0 radical (unpaired) electrons. The van der Waals surface area contributed by atoms with Crippen LogP contribution in [0.2, 0.25) is 0 Å². The summed E-state index contributed by atoms with van der Waals surface area (Å²) >= 11 is 0. The number of non-ortho nitro benzene ring substituents is 1. The lowest BCUT2D eigenvalue weighted by molar-refractivity contribution is -0.384. The van der Waals surface area contributed by atoms with Crippen LogP contribution in [-0.2, 0) is 0 Å². The molecule has 0 aliphatic carbocycles. The second kappa shape index (κ2) is 5.98. The quantitative estimate of drug-likeness (QED) is 0.469. The second-order valence-electron chi connectivity index (χ2n) is 3.83. The Morgan fingerprint density at radius 1 is 1.65 bits per heavy atom. The van der Waals surface area contributed by atoms with Crippen LogP contribution in [0.1, 0.15) is 19.8 Å². The van der Waals surface area contributed by atoms with Crippen molar-refractivity contribution in [3.63, 3.8) is 0 Å². The summed E-state index contributed by atoms with van der Waals surface area (Å²) in [7, 11) is 0. The van der Waals surface area contributed by atoms with Crippen LogP contribution in [0.4, 0.5) is 15.8 Å². The summed E-state index contributed by atoms with van der Waals surface area (Å²) in [6, 6.07) is 3.49. The van der Waals surface area contributed by atoms with E-state index in [0.29, 0.717) is 0 Å². The second-order valence-corrected chi connectivity index (χ2v) is 3.83. The highest BCUT2D eigenvalue weighted by molar-refractivity contribution is 5.52. The van der Waals surface area contributed by atoms with Gasteiger partial charge in [0.2, 0.25) is 0 Å². The molecule has 0 aliphatic heterocycles. The van der Waals surface area contributed by atoms with Crippen molar-refractivity contribution in [1.29, 1.82) is 0 Å². The fourth-order valence-corrected chi connectivity index (χ4v) is 1.44. The molecule has 92 valence electrons. The summed E-state index contributed by atoms with van der Waals surface area (Å²) in [4.78, 5) is 10.0. The van der Waals surface area contributed by atoms with Crippen molar-refractivity contribution in [2.24, 2.45) is 0 Å². The van der Waals surface area contributed by atoms with Crippen LogP contribution in [0.5, 0.6) is 0 Å². The number of hydrogen-bond acceptors (Lipinski definition) is 3. The van der Waals surface area contributed by atoms with Crippen LogP contribution in [0.3, 0.4) is 0 Å². The molecule has 0 aromatic heterocycles. The SMILES string of the molecule is C=CCCC(C)Nc1cc([N+](=O)[O-])ccc1F. The van der Waals surface area contributed by atoms with E-state index in [2.05, 4.69) is 11.9 Å². The molecule has 1 aromatic carbocycles. The van der Waals surface area contributed by atoms with Gasteiger partial charge in [0, 0.05) is 18.2 Å². The summed E-state index contributed by atoms with van der Waals surface area (Å²) in [6.07, 6.45) is 3.39. The number of hydrogen-bond donors (Lipinski definition) is 1. The van der Waals surface area contributed by atoms with Crippen molar-refractivity contribution < 1.29 is 9.31 Å². The monoisotopic (exact) mass is 238 g/mol. The Kier molecular flexibility index (Phi) is 4.63. The molecule has 17 heavy (non-hydrogen) atoms. The van der Waals surface area contributed by atoms with Gasteiger partial charge in [0.15, 0.2) is 0 Å². The van der Waals surface area contributed by atoms with E-state index in [1.54, 1.807) is 6.08 Å². The average molecular weight is 238 g/mol. The topological polar surface area (TPSA) is 55.2 Å². The van der Waals surface area contributed by atoms with E-state index >= 15 is 0 Å². The van der Waals surface area contributed by atoms with E-state index < -0.39 is 10.7 Å². The maximum absolute atomic E-state index is 13.4. The minimum Gasteiger partial charge on any atom is -0.380 e. The van der Waals surface area contributed by atoms with Crippen molar-refractivity contribution in [3.8, 4) is 0 Å². The van der Waals surface area contributed by atoms with Gasteiger partial charge in [0.25, 0.3) is 5.69 Å². The third-order valence-corrected chi connectivity index (χ3v) is 2.37. The molecule has 0 bridgehead atoms. The largest absolute Gasteiger partial charge is 0.380 e. The molecule has 0 fully saturated rings. The molecule has 1 rings (SSSR count). The highest BCUT2D eigenvalue weighted by Crippen LogP contribution is 2.22. The van der Waals surface area contributed by atoms with Crippen molar-refractivity contribution in [2.45, 2.75) is 25.8 Å². The molecule has 0 aliphatic rings. The van der Waals surface area contributed by atoms with E-state index in [1.807, 2.05) is 6.92 Å². The van der Waals surface area contributed by atoms with Gasteiger partial charge in [-0.15, -0.1) is 6.58 Å². The number of benzene rings is 1. The molecular formula is C12H15FN2O2. The predicted octanol–water partition coefficient (Wildman–Crippen LogP) is 3.50. The standard InChI is InChI=1S/C12H15FN2O2/c1-3-4-5-9(2)14-12-8-10(15(16)17)6-7-11(12)13/h3,6-9,14H,1,4-5H2,2H3. The zero-order valence-corrected chi connectivity index (χ0v) is 9.65. The van der Waals surface area contributed by atoms with E-state index in [1.165, 1.54) is 6.07 Å². The molecule has 4 nitrogen and oxygen atoms in total. The molecule has 0 amide bonds. The van der Waals surface area contributed by atoms with Gasteiger partial charge in [-0.3, -0.25) is 10.1 Å². The molecule has 0 saturated carbocycles. The Morgan fingerprint density at radius 3 is 2.94 bits per heavy atom. The average Bonchev–Trinajstić information content (AvgIpc) is 2.29. The van der Waals surface area contributed by atoms with Crippen molar-refractivity contribution >= 4 is 11.4 Å². The summed E-state index contributed by atoms with van der Waals surface area (Å²) in [5.41, 5.74) is 0.0422. The van der Waals surface area contributed by atoms with Gasteiger partial charge in [0.1, 0.15) is 5.82 Å². The van der Waals surface area contributed by atoms with Gasteiger partial charge in [-0.2, -0.15) is 0 Å². The first-order valence-corrected chi connectivity index (χ1v) is 5.36. The van der Waals surface area contributed by atoms with Crippen LogP contribution in [0.25, 0.3) is 0 Å². The fourth-order valence-electron chi connectivity index (χ4n) is 1.44. The lowest BCUT2D eigenvalue weighted by Crippen LogP contribution is -2.15. The molecule has 1 unspecified atom stereocenters. The number of rotatable bonds is 6. The summed E-state index contributed by atoms with van der Waals surface area (Å²) in [6.45, 7) is 5.49. The van der Waals surface area contributed by atoms with E-state index in [0.717, 1.165) is 25.0 Å². The lowest BCUT2D eigenvalue weighted by Gasteiger charge is -2.14. The zero-order valence-electron chi connectivity index (χ0n) is 9.65. The maximum Gasteiger partial charge on any atom is 0.271 e. The molecule has 1 aromatic rings. The molecule has 1 N–H and O–H groups in total. The Morgan fingerprint density at radius 2 is 2.35 bits per heavy atom. The van der Waals surface area contributed by atoms with Crippen LogP contribution in [-0.4, -0.2) is 11.0 Å². The van der Waals surface area contributed by atoms with Crippen LogP contribution < -0.4 is 5.32 Å². The first kappa shape index (κ1) is 13.2. The minimum absolute atomic E-state index is 0.0319. The summed E-state index contributed by atoms with van der Waals surface area (Å²) in [5.74, 6) is -0.485. The predicted molar refractivity (Wildman–Crippen MR) is 65.6 cm³/mol. The first-order chi connectivity index (χ1) is 8.04. The van der Waals surface area contributed by atoms with Gasteiger partial charge in [0.05, 0.1) is 10.6 Å². The van der Waals surface area contributed by atoms with Gasteiger partial charge in [-0.1, -0.05) is 6.08 Å². The first-order valence-electron chi connectivity index (χ1n) is 5.36. The smallest absolute Gasteiger partial charge is 0.271 e. The maximum atomic E-state index is 13.4. The molecule has 5 heteroatoms. The van der Waals surface area contributed by atoms with Crippen LogP contribution in [0.15, 0.2) is 30.9 Å². The normalized spacial score (nSPS) is 11.9. The third kappa shape index (κ3) is 3.86. The molecule has 0 spiro atoms. The molecule has 0 saturated heterocycles. The van der Waals surface area contributed by atoms with Gasteiger partial charge in [-0.25, -0.2) is 4.39 Å². The number of allylic oxidation sites excluding steroid dienone is 1. The van der Waals surface area contributed by atoms with Crippen molar-refractivity contribution in [2.75, 3.05) is 5.32 Å². The van der Waals surface area contributed by atoms with E-state index in [9.17, 15) is 14.5 Å². The van der Waals surface area contributed by atoms with Gasteiger partial charge in [-0.05, 0) is 25.8 Å². The zero-order chi connectivity index (χ0) is 12.8. The van der Waals surface area contributed by atoms with Crippen LogP contribution >= 0.6 is 0 Å². The van der Waals surface area contributed by atoms with Gasteiger partial charge >= 0.3 is 0 Å². The highest BCUT2D eigenvalue weighted by Gasteiger charge is 2.12. The number of anilines is 1. The Balaban J connectivity index is 2.78. The minimum atomic E-state index is -0.543. The Bertz CT molecular complexity index is 421. The van der Waals surface area contributed by atoms with E-state index in [4.69, 9.17) is 0 Å². The van der Waals surface area contributed by atoms with E-state index in [-0.39, 0.29) is 17.4 Å². The Labute approximate surface area is 99.3 Å². The number of nitrogens with zero attached hydrogens (tertiary/aromatic N) is 1. The summed E-state index contributed by atoms with van der Waals surface area (Å²) < 4.78 is 13.4. The third-order valence-electron chi connectivity index (χ3n) is 2.37. The highest BCUT2D eigenvalue weighted by atomic mass is 19.1. The number of halogens is 1. The summed E-state index contributed by atoms with van der Waals surface area (Å²) in [5, 5.41) is 13.5. The molecule has 0 heterocycles. The fraction of sp³-hybridized carbons (Fsp3) is 0.333. The van der Waals surface area contributed by atoms with Gasteiger partial charge < -0.3 is 5.32 Å². The Hall–Kier alpha value is -1.91. The lowest BCUT2D eigenvalue weighted by atomic mass is 10.1. The molecule has 1 atom stereocenters. The number of nitrogens with one attached hydrogen (secondary N) is 1. The van der Waals surface area contributed by atoms with Crippen molar-refractivity contribution in [1.82, 2.24) is 0 Å². The number of nitro benzene ring substituents is 1. The van der Waals surface area contributed by atoms with Crippen molar-refractivity contribution in [3.05, 3.63) is 46.8 Å².